The van der Waals surface area contributed by atoms with Crippen molar-refractivity contribution in [1.82, 2.24) is 0 Å². The second-order valence-corrected chi connectivity index (χ2v) is 0. The van der Waals surface area contributed by atoms with Crippen LogP contribution in [0.25, 0.3) is 0 Å². The quantitative estimate of drug-likeness (QED) is 0.336. The van der Waals surface area contributed by atoms with E-state index in [1.54, 1.807) is 0 Å². The third-order valence-electron chi connectivity index (χ3n) is 0. The summed E-state index contributed by atoms with van der Waals surface area (Å²) in [6, 6.07) is 0. The van der Waals surface area contributed by atoms with Crippen LogP contribution in [0, 0.1) is 0 Å². The molecule has 0 heterocycles. The van der Waals surface area contributed by atoms with E-state index >= 15 is 0 Å². The molecule has 0 saturated heterocycles. The number of hydrogen-bond acceptors (Lipinski definition) is 2. The van der Waals surface area contributed by atoms with Gasteiger partial charge in [-0.05, 0) is 0 Å². The molecule has 0 fully saturated rings. The third-order valence-corrected chi connectivity index (χ3v) is 0. The van der Waals surface area contributed by atoms with Gasteiger partial charge < -0.3 is 4.46 Å². The van der Waals surface area contributed by atoms with Crippen LogP contribution in [0.4, 0.5) is 0 Å². The average molecular weight is 132 g/mol. The summed E-state index contributed by atoms with van der Waals surface area (Å²) in [5.74, 6) is 0. The Morgan fingerprint density at radius 1 is 1.20 bits per heavy atom. The maximum atomic E-state index is 8.28. The van der Waals surface area contributed by atoms with Gasteiger partial charge in [0, 0.05) is 0 Å². The van der Waals surface area contributed by atoms with Crippen LogP contribution in [-0.4, -0.2) is 64.1 Å². The normalized spacial score (nSPS) is 1.40. The van der Waals surface area contributed by atoms with E-state index in [4.69, 9.17) is 8.27 Å². The SMILES string of the molecule is O=[SiH2].[CaH2].[O]=[AlH]. The Bertz CT molecular complexity index is 11.6. The van der Waals surface area contributed by atoms with Crippen molar-refractivity contribution in [3.8, 4) is 0 Å². The summed E-state index contributed by atoms with van der Waals surface area (Å²) in [6.45, 7) is 0. The molecule has 0 atom stereocenters. The van der Waals surface area contributed by atoms with Crippen LogP contribution in [-0.2, 0) is 8.27 Å². The molecule has 0 radical (unpaired) electrons. The first-order chi connectivity index (χ1) is 2.00. The average Bonchev–Trinajstić information content (AvgIpc) is 1.50. The van der Waals surface area contributed by atoms with Crippen LogP contribution < -0.4 is 0 Å². The second kappa shape index (κ2) is 46.0. The van der Waals surface area contributed by atoms with Crippen LogP contribution in [0.5, 0.6) is 0 Å². The molecule has 0 unspecified atom stereocenters. The van der Waals surface area contributed by atoms with Crippen molar-refractivity contribution < 1.29 is 8.27 Å². The van der Waals surface area contributed by atoms with Crippen molar-refractivity contribution >= 4 is 64.1 Å². The van der Waals surface area contributed by atoms with Crippen molar-refractivity contribution in [1.29, 1.82) is 0 Å². The van der Waals surface area contributed by atoms with Gasteiger partial charge in [0.2, 0.25) is 10.1 Å². The molecule has 0 aliphatic rings. The molecule has 0 aliphatic carbocycles. The molecule has 0 bridgehead atoms. The van der Waals surface area contributed by atoms with Gasteiger partial charge in [-0.25, -0.2) is 0 Å². The number of hydrogen-bond donors (Lipinski definition) is 0. The van der Waals surface area contributed by atoms with E-state index < -0.39 is 0 Å². The Hall–Kier alpha value is 1.61. The van der Waals surface area contributed by atoms with Crippen molar-refractivity contribution in [3.63, 3.8) is 0 Å². The molecule has 0 amide bonds. The Labute approximate surface area is 71.4 Å². The first-order valence-corrected chi connectivity index (χ1v) is 1.73. The first kappa shape index (κ1) is 16.0. The summed E-state index contributed by atoms with van der Waals surface area (Å²) in [5, 5.41) is 0. The van der Waals surface area contributed by atoms with Gasteiger partial charge in [0.05, 0.1) is 0 Å². The fraction of sp³-hybridized carbons (Fsp3) is 0. The van der Waals surface area contributed by atoms with Gasteiger partial charge in [0.1, 0.15) is 0 Å². The van der Waals surface area contributed by atoms with Crippen molar-refractivity contribution in [2.45, 2.75) is 0 Å². The zero-order valence-corrected chi connectivity index (χ0v) is 5.06. The van der Waals surface area contributed by atoms with E-state index in [1.807, 2.05) is 0 Å². The topological polar surface area (TPSA) is 34.1 Å². The first-order valence-electron chi connectivity index (χ1n) is 0.577. The standard InChI is InChI=1S/Al.Ca.H2OSi.O.3H/c;;1-2;;;;/h;;2H2;;;;. The van der Waals surface area contributed by atoms with E-state index in [1.165, 1.54) is 0 Å². The fourth-order valence-electron chi connectivity index (χ4n) is 0. The summed E-state index contributed by atoms with van der Waals surface area (Å²) in [4.78, 5) is 0. The monoisotopic (exact) mass is 132 g/mol. The molecule has 0 saturated carbocycles. The van der Waals surface area contributed by atoms with Gasteiger partial charge in [0.25, 0.3) is 0 Å². The Kier molecular flexibility index (Phi) is 147. The van der Waals surface area contributed by atoms with Gasteiger partial charge in [-0.3, -0.25) is 0 Å². The molecular formula is H5AlCaO2Si. The van der Waals surface area contributed by atoms with E-state index in [0.29, 0.717) is 26.4 Å². The molecular weight excluding hydrogens is 127 g/mol. The minimum absolute atomic E-state index is 0. The van der Waals surface area contributed by atoms with Crippen molar-refractivity contribution in [3.05, 3.63) is 0 Å². The van der Waals surface area contributed by atoms with E-state index in [-0.39, 0.29) is 37.7 Å². The number of rotatable bonds is 0. The molecule has 5 heteroatoms. The summed E-state index contributed by atoms with van der Waals surface area (Å²) >= 11 is 0.611. The van der Waals surface area contributed by atoms with Gasteiger partial charge in [-0.15, -0.1) is 0 Å². The molecule has 0 aromatic rings. The molecule has 0 spiro atoms. The summed E-state index contributed by atoms with van der Waals surface area (Å²) < 4.78 is 16.6. The molecule has 0 aromatic heterocycles. The van der Waals surface area contributed by atoms with Gasteiger partial charge in [-0.2, -0.15) is 0 Å². The van der Waals surface area contributed by atoms with Crippen LogP contribution in [0.15, 0.2) is 0 Å². The molecule has 0 aromatic carbocycles. The molecule has 0 N–H and O–H groups in total. The predicted molar refractivity (Wildman–Crippen MR) is 25.6 cm³/mol. The van der Waals surface area contributed by atoms with Gasteiger partial charge in [-0.1, -0.05) is 0 Å². The van der Waals surface area contributed by atoms with Crippen LogP contribution in [0.3, 0.4) is 0 Å². The van der Waals surface area contributed by atoms with Gasteiger partial charge in [0.15, 0.2) is 0 Å². The Morgan fingerprint density at radius 3 is 1.20 bits per heavy atom. The van der Waals surface area contributed by atoms with E-state index in [0.717, 1.165) is 0 Å². The molecule has 26 valence electrons. The Morgan fingerprint density at radius 2 is 1.20 bits per heavy atom. The molecule has 0 rings (SSSR count). The second-order valence-electron chi connectivity index (χ2n) is 0. The molecule has 5 heavy (non-hydrogen) atoms. The zero-order valence-electron chi connectivity index (χ0n) is 2.23. The van der Waals surface area contributed by atoms with E-state index in [2.05, 4.69) is 0 Å². The van der Waals surface area contributed by atoms with Crippen molar-refractivity contribution in [2.24, 2.45) is 0 Å². The van der Waals surface area contributed by atoms with Gasteiger partial charge >= 0.3 is 57.8 Å². The fourth-order valence-corrected chi connectivity index (χ4v) is 0. The summed E-state index contributed by atoms with van der Waals surface area (Å²) in [7, 11) is 0.611. The third kappa shape index (κ3) is 28.2. The van der Waals surface area contributed by atoms with Crippen LogP contribution in [0.2, 0.25) is 0 Å². The van der Waals surface area contributed by atoms with Crippen LogP contribution in [0.1, 0.15) is 0 Å². The maximum absolute atomic E-state index is 8.28. The zero-order chi connectivity index (χ0) is 4.00. The summed E-state index contributed by atoms with van der Waals surface area (Å²) in [5.41, 5.74) is 0. The minimum atomic E-state index is 0. The molecule has 2 nitrogen and oxygen atoms in total. The van der Waals surface area contributed by atoms with Crippen molar-refractivity contribution in [2.75, 3.05) is 0 Å². The van der Waals surface area contributed by atoms with E-state index in [9.17, 15) is 0 Å². The Balaban J connectivity index is -0.0000000133. The summed E-state index contributed by atoms with van der Waals surface area (Å²) in [6.07, 6.45) is 0. The van der Waals surface area contributed by atoms with Crippen LogP contribution >= 0.6 is 0 Å². The molecule has 0 aliphatic heterocycles. The predicted octanol–water partition coefficient (Wildman–Crippen LogP) is -2.72.